The average molecular weight is 446 g/mol. The molecule has 10 nitrogen and oxygen atoms in total. The van der Waals surface area contributed by atoms with Gasteiger partial charge in [0.2, 0.25) is 0 Å². The van der Waals surface area contributed by atoms with Gasteiger partial charge >= 0.3 is 0 Å². The molecule has 0 aromatic carbocycles. The van der Waals surface area contributed by atoms with E-state index >= 15 is 0 Å². The number of carbonyl (C=O) groups is 1. The molecule has 0 saturated carbocycles. The molecule has 0 unspecified atom stereocenters. The van der Waals surface area contributed by atoms with Crippen LogP contribution >= 0.6 is 0 Å². The van der Waals surface area contributed by atoms with E-state index in [-0.39, 0.29) is 5.91 Å². The molecule has 4 aromatic heterocycles. The normalized spacial score (nSPS) is 15.4. The first-order valence-electron chi connectivity index (χ1n) is 11.2. The van der Waals surface area contributed by atoms with Crippen LogP contribution in [0.4, 0.5) is 5.82 Å². The summed E-state index contributed by atoms with van der Waals surface area (Å²) in [5.74, 6) is 0.231. The van der Waals surface area contributed by atoms with Crippen molar-refractivity contribution in [1.82, 2.24) is 39.6 Å². The Morgan fingerprint density at radius 1 is 1.09 bits per heavy atom. The zero-order valence-electron chi connectivity index (χ0n) is 19.0. The number of hydrogen-bond donors (Lipinski definition) is 1. The monoisotopic (exact) mass is 445 g/mol. The molecular formula is C23H27N9O. The van der Waals surface area contributed by atoms with Crippen LogP contribution in [0.5, 0.6) is 0 Å². The van der Waals surface area contributed by atoms with E-state index in [0.29, 0.717) is 23.5 Å². The first kappa shape index (κ1) is 21.2. The Hall–Kier alpha value is -3.66. The fourth-order valence-electron chi connectivity index (χ4n) is 4.23. The van der Waals surface area contributed by atoms with E-state index in [9.17, 15) is 4.79 Å². The minimum atomic E-state index is -0.231. The molecule has 0 atom stereocenters. The van der Waals surface area contributed by atoms with Crippen molar-refractivity contribution in [2.45, 2.75) is 38.8 Å². The van der Waals surface area contributed by atoms with Crippen LogP contribution in [0.2, 0.25) is 0 Å². The minimum Gasteiger partial charge on any atom is -0.306 e. The zero-order chi connectivity index (χ0) is 22.9. The van der Waals surface area contributed by atoms with E-state index in [4.69, 9.17) is 0 Å². The number of aryl methyl sites for hydroxylation is 1. The molecule has 33 heavy (non-hydrogen) atoms. The van der Waals surface area contributed by atoms with Gasteiger partial charge in [-0.05, 0) is 38.8 Å². The summed E-state index contributed by atoms with van der Waals surface area (Å²) >= 11 is 0. The number of pyridine rings is 2. The molecule has 0 spiro atoms. The maximum atomic E-state index is 12.8. The van der Waals surface area contributed by atoms with E-state index in [1.54, 1.807) is 23.3 Å². The Labute approximate surface area is 191 Å². The Balaban J connectivity index is 1.29. The molecule has 1 aliphatic rings. The van der Waals surface area contributed by atoms with Crippen LogP contribution in [0, 0.1) is 0 Å². The van der Waals surface area contributed by atoms with Gasteiger partial charge in [-0.25, -0.2) is 4.98 Å². The highest BCUT2D eigenvalue weighted by Gasteiger charge is 2.23. The third kappa shape index (κ3) is 4.47. The summed E-state index contributed by atoms with van der Waals surface area (Å²) in [6.07, 6.45) is 10.8. The molecule has 0 radical (unpaired) electrons. The van der Waals surface area contributed by atoms with Gasteiger partial charge in [-0.1, -0.05) is 5.21 Å². The highest BCUT2D eigenvalue weighted by atomic mass is 16.1. The van der Waals surface area contributed by atoms with Crippen LogP contribution in [0.1, 0.15) is 43.1 Å². The third-order valence-electron chi connectivity index (χ3n) is 6.17. The van der Waals surface area contributed by atoms with Crippen LogP contribution in [-0.4, -0.2) is 64.7 Å². The molecule has 1 saturated heterocycles. The number of nitrogens with zero attached hydrogens (tertiary/aromatic N) is 8. The summed E-state index contributed by atoms with van der Waals surface area (Å²) in [6, 6.07) is 4.66. The number of anilines is 1. The Bertz CT molecular complexity index is 1280. The van der Waals surface area contributed by atoms with Gasteiger partial charge in [0.05, 0.1) is 35.7 Å². The lowest BCUT2D eigenvalue weighted by Gasteiger charge is -2.34. The quantitative estimate of drug-likeness (QED) is 0.503. The maximum absolute atomic E-state index is 12.8. The van der Waals surface area contributed by atoms with Gasteiger partial charge in [0.15, 0.2) is 0 Å². The molecule has 170 valence electrons. The van der Waals surface area contributed by atoms with Crippen LogP contribution in [0.25, 0.3) is 22.2 Å². The highest BCUT2D eigenvalue weighted by Crippen LogP contribution is 2.24. The molecule has 1 fully saturated rings. The second-order valence-electron chi connectivity index (χ2n) is 8.79. The van der Waals surface area contributed by atoms with Gasteiger partial charge in [0.25, 0.3) is 5.91 Å². The van der Waals surface area contributed by atoms with Gasteiger partial charge < -0.3 is 10.2 Å². The van der Waals surface area contributed by atoms with E-state index in [1.807, 2.05) is 36.3 Å². The van der Waals surface area contributed by atoms with Gasteiger partial charge in [-0.2, -0.15) is 5.10 Å². The van der Waals surface area contributed by atoms with Crippen LogP contribution in [0.15, 0.2) is 43.1 Å². The SMILES string of the molecule is CC(C)N1CCC(n2cc(C(=O)Nc3cc4cc(-c5cn(C)nn5)cnc4cn3)cn2)CC1. The summed E-state index contributed by atoms with van der Waals surface area (Å²) in [7, 11) is 1.82. The summed E-state index contributed by atoms with van der Waals surface area (Å²) < 4.78 is 3.57. The maximum Gasteiger partial charge on any atom is 0.260 e. The molecule has 0 aliphatic carbocycles. The van der Waals surface area contributed by atoms with Gasteiger partial charge in [-0.15, -0.1) is 5.10 Å². The van der Waals surface area contributed by atoms with Gasteiger partial charge in [0.1, 0.15) is 11.5 Å². The number of aromatic nitrogens is 7. The molecule has 1 N–H and O–H groups in total. The van der Waals surface area contributed by atoms with E-state index in [0.717, 1.165) is 48.1 Å². The fraction of sp³-hybridized carbons (Fsp3) is 0.391. The smallest absolute Gasteiger partial charge is 0.260 e. The summed E-state index contributed by atoms with van der Waals surface area (Å²) in [4.78, 5) is 24.1. The van der Waals surface area contributed by atoms with Crippen molar-refractivity contribution in [3.8, 4) is 11.3 Å². The van der Waals surface area contributed by atoms with Crippen molar-refractivity contribution >= 4 is 22.6 Å². The van der Waals surface area contributed by atoms with Crippen molar-refractivity contribution in [2.24, 2.45) is 7.05 Å². The summed E-state index contributed by atoms with van der Waals surface area (Å²) in [5, 5.41) is 16.3. The summed E-state index contributed by atoms with van der Waals surface area (Å²) in [6.45, 7) is 6.55. The van der Waals surface area contributed by atoms with E-state index in [1.165, 1.54) is 0 Å². The predicted molar refractivity (Wildman–Crippen MR) is 125 cm³/mol. The Morgan fingerprint density at radius 3 is 2.64 bits per heavy atom. The lowest BCUT2D eigenvalue weighted by molar-refractivity contribution is 0.102. The number of piperidine rings is 1. The van der Waals surface area contributed by atoms with Gasteiger partial charge in [-0.3, -0.25) is 19.1 Å². The molecule has 4 aromatic rings. The molecule has 5 heterocycles. The van der Waals surface area contributed by atoms with Crippen LogP contribution in [-0.2, 0) is 7.05 Å². The molecule has 1 amide bonds. The number of rotatable bonds is 5. The molecule has 1 aliphatic heterocycles. The summed E-state index contributed by atoms with van der Waals surface area (Å²) in [5.41, 5.74) is 2.85. The predicted octanol–water partition coefficient (Wildman–Crippen LogP) is 2.92. The number of fused-ring (bicyclic) bond motifs is 1. The molecule has 0 bridgehead atoms. The molecular weight excluding hydrogens is 418 g/mol. The van der Waals surface area contributed by atoms with Crippen molar-refractivity contribution in [2.75, 3.05) is 18.4 Å². The fourth-order valence-corrected chi connectivity index (χ4v) is 4.23. The average Bonchev–Trinajstić information content (AvgIpc) is 3.48. The standard InChI is InChI=1S/C23H27N9O/c1-15(2)31-6-4-19(5-7-31)32-13-18(11-26-32)23(33)27-22-9-16-8-17(10-24-20(16)12-25-22)21-14-30(3)29-28-21/h8-15,19H,4-7H2,1-3H3,(H,25,27,33). The van der Waals surface area contributed by atoms with Crippen molar-refractivity contribution in [1.29, 1.82) is 0 Å². The molecule has 5 rings (SSSR count). The Morgan fingerprint density at radius 2 is 1.91 bits per heavy atom. The number of likely N-dealkylation sites (tertiary alicyclic amines) is 1. The first-order chi connectivity index (χ1) is 16.0. The lowest BCUT2D eigenvalue weighted by Crippen LogP contribution is -2.39. The number of hydrogen-bond acceptors (Lipinski definition) is 7. The topological polar surface area (TPSA) is 107 Å². The minimum absolute atomic E-state index is 0.231. The second-order valence-corrected chi connectivity index (χ2v) is 8.79. The van der Waals surface area contributed by atoms with Crippen molar-refractivity contribution < 1.29 is 4.79 Å². The zero-order valence-corrected chi connectivity index (χ0v) is 19.0. The Kier molecular flexibility index (Phi) is 5.59. The van der Waals surface area contributed by atoms with Crippen LogP contribution in [0.3, 0.4) is 0 Å². The van der Waals surface area contributed by atoms with Crippen molar-refractivity contribution in [3.63, 3.8) is 0 Å². The van der Waals surface area contributed by atoms with Crippen LogP contribution < -0.4 is 5.32 Å². The first-order valence-corrected chi connectivity index (χ1v) is 11.2. The number of nitrogens with one attached hydrogen (secondary N) is 1. The van der Waals surface area contributed by atoms with Crippen molar-refractivity contribution in [3.05, 3.63) is 48.7 Å². The number of amides is 1. The second kappa shape index (κ2) is 8.70. The number of carbonyl (C=O) groups excluding carboxylic acids is 1. The van der Waals surface area contributed by atoms with E-state index < -0.39 is 0 Å². The van der Waals surface area contributed by atoms with E-state index in [2.05, 4.69) is 49.4 Å². The lowest BCUT2D eigenvalue weighted by atomic mass is 10.0. The highest BCUT2D eigenvalue weighted by molar-refractivity contribution is 6.04. The molecule has 10 heteroatoms. The van der Waals surface area contributed by atoms with Gasteiger partial charge in [0, 0.05) is 49.5 Å². The third-order valence-corrected chi connectivity index (χ3v) is 6.17. The largest absolute Gasteiger partial charge is 0.306 e.